The molecule has 0 radical (unpaired) electrons. The van der Waals surface area contributed by atoms with Crippen LogP contribution in [0.5, 0.6) is 5.75 Å². The van der Waals surface area contributed by atoms with Crippen LogP contribution in [-0.2, 0) is 13.2 Å². The highest BCUT2D eigenvalue weighted by atomic mass is 79.9. The van der Waals surface area contributed by atoms with Crippen molar-refractivity contribution in [1.82, 2.24) is 9.78 Å². The fourth-order valence-corrected chi connectivity index (χ4v) is 4.41. The van der Waals surface area contributed by atoms with E-state index < -0.39 is 5.91 Å². The number of aryl methyl sites for hydroxylation is 1. The molecule has 0 spiro atoms. The standard InChI is InChI=1S/C26H24BrCl2N3O3/c1-15(2)20-8-4-16(3)10-24(20)34-14-19-7-9-23(35-19)26(33)30-25-21(27)13-32(31-25)12-17-5-6-18(28)11-22(17)29/h4-11,13,15H,12,14H2,1-3H3,(H,30,31,33). The lowest BCUT2D eigenvalue weighted by Gasteiger charge is -2.14. The number of hydrogen-bond donors (Lipinski definition) is 1. The van der Waals surface area contributed by atoms with Gasteiger partial charge in [-0.05, 0) is 75.8 Å². The highest BCUT2D eigenvalue weighted by Crippen LogP contribution is 2.29. The molecule has 4 aromatic rings. The van der Waals surface area contributed by atoms with Gasteiger partial charge in [0.2, 0.25) is 0 Å². The number of nitrogens with zero attached hydrogens (tertiary/aromatic N) is 2. The zero-order chi connectivity index (χ0) is 25.1. The minimum atomic E-state index is -0.412. The zero-order valence-electron chi connectivity index (χ0n) is 19.4. The molecule has 0 saturated carbocycles. The minimum Gasteiger partial charge on any atom is -0.485 e. The lowest BCUT2D eigenvalue weighted by Crippen LogP contribution is -2.12. The summed E-state index contributed by atoms with van der Waals surface area (Å²) < 4.78 is 14.0. The Hall–Kier alpha value is -2.74. The first-order valence-corrected chi connectivity index (χ1v) is 12.5. The predicted molar refractivity (Wildman–Crippen MR) is 142 cm³/mol. The van der Waals surface area contributed by atoms with Crippen LogP contribution in [0, 0.1) is 6.92 Å². The van der Waals surface area contributed by atoms with E-state index in [9.17, 15) is 4.79 Å². The Kier molecular flexibility index (Phi) is 7.89. The molecule has 0 unspecified atom stereocenters. The maximum absolute atomic E-state index is 12.7. The molecule has 2 aromatic carbocycles. The van der Waals surface area contributed by atoms with Crippen molar-refractivity contribution in [2.75, 3.05) is 5.32 Å². The van der Waals surface area contributed by atoms with Gasteiger partial charge in [0.05, 0.1) is 11.0 Å². The summed E-state index contributed by atoms with van der Waals surface area (Å²) in [5, 5.41) is 8.31. The van der Waals surface area contributed by atoms with Crippen LogP contribution in [0.25, 0.3) is 0 Å². The average molecular weight is 577 g/mol. The van der Waals surface area contributed by atoms with Crippen molar-refractivity contribution >= 4 is 50.9 Å². The number of rotatable bonds is 8. The van der Waals surface area contributed by atoms with Gasteiger partial charge >= 0.3 is 0 Å². The Balaban J connectivity index is 1.40. The summed E-state index contributed by atoms with van der Waals surface area (Å²) in [6.45, 7) is 6.91. The molecule has 35 heavy (non-hydrogen) atoms. The quantitative estimate of drug-likeness (QED) is 0.232. The number of carbonyl (C=O) groups is 1. The summed E-state index contributed by atoms with van der Waals surface area (Å²) in [6, 6.07) is 14.8. The molecular formula is C26H24BrCl2N3O3. The molecular weight excluding hydrogens is 553 g/mol. The van der Waals surface area contributed by atoms with Gasteiger partial charge in [0, 0.05) is 16.2 Å². The Bertz CT molecular complexity index is 1360. The summed E-state index contributed by atoms with van der Waals surface area (Å²) in [5.41, 5.74) is 3.10. The van der Waals surface area contributed by atoms with Gasteiger partial charge in [0.15, 0.2) is 11.6 Å². The Morgan fingerprint density at radius 1 is 1.17 bits per heavy atom. The molecule has 0 bridgehead atoms. The number of anilines is 1. The molecule has 0 aliphatic rings. The van der Waals surface area contributed by atoms with Crippen LogP contribution in [0.1, 0.15) is 52.8 Å². The number of nitrogens with one attached hydrogen (secondary N) is 1. The monoisotopic (exact) mass is 575 g/mol. The molecule has 1 N–H and O–H groups in total. The molecule has 6 nitrogen and oxygen atoms in total. The van der Waals surface area contributed by atoms with E-state index in [1.54, 1.807) is 35.1 Å². The van der Waals surface area contributed by atoms with E-state index in [0.717, 1.165) is 22.4 Å². The van der Waals surface area contributed by atoms with Gasteiger partial charge in [-0.25, -0.2) is 0 Å². The molecule has 2 aromatic heterocycles. The van der Waals surface area contributed by atoms with Crippen LogP contribution in [-0.4, -0.2) is 15.7 Å². The number of carbonyl (C=O) groups excluding carboxylic acids is 1. The summed E-state index contributed by atoms with van der Waals surface area (Å²) in [4.78, 5) is 12.7. The van der Waals surface area contributed by atoms with Crippen molar-refractivity contribution in [3.63, 3.8) is 0 Å². The van der Waals surface area contributed by atoms with Gasteiger partial charge in [-0.15, -0.1) is 0 Å². The average Bonchev–Trinajstić information content (AvgIpc) is 3.41. The molecule has 2 heterocycles. The predicted octanol–water partition coefficient (Wildman–Crippen LogP) is 7.86. The molecule has 1 amide bonds. The van der Waals surface area contributed by atoms with Crippen molar-refractivity contribution in [3.05, 3.63) is 97.5 Å². The van der Waals surface area contributed by atoms with Crippen LogP contribution in [0.3, 0.4) is 0 Å². The van der Waals surface area contributed by atoms with Crippen molar-refractivity contribution < 1.29 is 13.9 Å². The lowest BCUT2D eigenvalue weighted by atomic mass is 10.0. The minimum absolute atomic E-state index is 0.166. The number of aromatic nitrogens is 2. The number of furan rings is 1. The molecule has 0 atom stereocenters. The second kappa shape index (κ2) is 10.9. The first-order chi connectivity index (χ1) is 16.7. The van der Waals surface area contributed by atoms with E-state index in [4.69, 9.17) is 32.4 Å². The van der Waals surface area contributed by atoms with Gasteiger partial charge in [-0.2, -0.15) is 5.10 Å². The topological polar surface area (TPSA) is 69.3 Å². The SMILES string of the molecule is Cc1ccc(C(C)C)c(OCc2ccc(C(=O)Nc3nn(Cc4ccc(Cl)cc4Cl)cc3Br)o2)c1. The number of hydrogen-bond acceptors (Lipinski definition) is 4. The van der Waals surface area contributed by atoms with Crippen molar-refractivity contribution in [1.29, 1.82) is 0 Å². The van der Waals surface area contributed by atoms with E-state index in [2.05, 4.69) is 52.3 Å². The first-order valence-electron chi connectivity index (χ1n) is 11.0. The highest BCUT2D eigenvalue weighted by Gasteiger charge is 2.17. The van der Waals surface area contributed by atoms with Gasteiger partial charge in [-0.3, -0.25) is 9.48 Å². The van der Waals surface area contributed by atoms with Crippen LogP contribution in [0.15, 0.2) is 63.6 Å². The van der Waals surface area contributed by atoms with E-state index in [1.165, 1.54) is 0 Å². The number of ether oxygens (including phenoxy) is 1. The highest BCUT2D eigenvalue weighted by molar-refractivity contribution is 9.10. The van der Waals surface area contributed by atoms with E-state index in [0.29, 0.717) is 38.6 Å². The van der Waals surface area contributed by atoms with E-state index >= 15 is 0 Å². The van der Waals surface area contributed by atoms with Gasteiger partial charge in [0.25, 0.3) is 5.91 Å². The van der Waals surface area contributed by atoms with Crippen LogP contribution >= 0.6 is 39.1 Å². The molecule has 182 valence electrons. The number of halogens is 3. The summed E-state index contributed by atoms with van der Waals surface area (Å²) in [5.74, 6) is 1.82. The summed E-state index contributed by atoms with van der Waals surface area (Å²) >= 11 is 15.7. The molecule has 0 saturated heterocycles. The lowest BCUT2D eigenvalue weighted by molar-refractivity contribution is 0.0992. The maximum atomic E-state index is 12.7. The molecule has 4 rings (SSSR count). The second-order valence-corrected chi connectivity index (χ2v) is 10.2. The largest absolute Gasteiger partial charge is 0.485 e. The van der Waals surface area contributed by atoms with Gasteiger partial charge < -0.3 is 14.5 Å². The third-order valence-electron chi connectivity index (χ3n) is 5.34. The van der Waals surface area contributed by atoms with Crippen LogP contribution in [0.2, 0.25) is 10.0 Å². The van der Waals surface area contributed by atoms with Gasteiger partial charge in [-0.1, -0.05) is 55.2 Å². The Labute approximate surface area is 222 Å². The summed E-state index contributed by atoms with van der Waals surface area (Å²) in [7, 11) is 0. The van der Waals surface area contributed by atoms with Gasteiger partial charge in [0.1, 0.15) is 18.1 Å². The second-order valence-electron chi connectivity index (χ2n) is 8.46. The maximum Gasteiger partial charge on any atom is 0.292 e. The fraction of sp³-hybridized carbons (Fsp3) is 0.231. The van der Waals surface area contributed by atoms with E-state index in [1.807, 2.05) is 19.1 Å². The first kappa shape index (κ1) is 25.4. The smallest absolute Gasteiger partial charge is 0.292 e. The Morgan fingerprint density at radius 3 is 2.71 bits per heavy atom. The van der Waals surface area contributed by atoms with Crippen molar-refractivity contribution in [2.45, 2.75) is 39.8 Å². The van der Waals surface area contributed by atoms with Crippen molar-refractivity contribution in [2.24, 2.45) is 0 Å². The third kappa shape index (κ3) is 6.28. The van der Waals surface area contributed by atoms with E-state index in [-0.39, 0.29) is 12.4 Å². The molecule has 0 aliphatic carbocycles. The fourth-order valence-electron chi connectivity index (χ4n) is 3.53. The normalized spacial score (nSPS) is 11.2. The molecule has 0 aliphatic heterocycles. The Morgan fingerprint density at radius 2 is 1.97 bits per heavy atom. The zero-order valence-corrected chi connectivity index (χ0v) is 22.5. The number of amides is 1. The van der Waals surface area contributed by atoms with Crippen LogP contribution in [0.4, 0.5) is 5.82 Å². The van der Waals surface area contributed by atoms with Crippen molar-refractivity contribution in [3.8, 4) is 5.75 Å². The third-order valence-corrected chi connectivity index (χ3v) is 6.51. The molecule has 0 fully saturated rings. The molecule has 9 heteroatoms. The number of benzene rings is 2. The summed E-state index contributed by atoms with van der Waals surface area (Å²) in [6.07, 6.45) is 1.76. The van der Waals surface area contributed by atoms with Crippen LogP contribution < -0.4 is 10.1 Å².